The lowest BCUT2D eigenvalue weighted by Gasteiger charge is -2.18. The van der Waals surface area contributed by atoms with E-state index in [-0.39, 0.29) is 17.0 Å². The molecule has 0 saturated carbocycles. The van der Waals surface area contributed by atoms with Crippen LogP contribution < -0.4 is 19.7 Å². The first-order chi connectivity index (χ1) is 15.9. The summed E-state index contributed by atoms with van der Waals surface area (Å²) in [5, 5.41) is 3.39. The van der Waals surface area contributed by atoms with Crippen molar-refractivity contribution in [1.29, 1.82) is 0 Å². The second-order valence-electron chi connectivity index (χ2n) is 7.10. The Morgan fingerprint density at radius 3 is 2.30 bits per heavy atom. The summed E-state index contributed by atoms with van der Waals surface area (Å²) in [5.41, 5.74) is 1.35. The molecule has 1 aliphatic heterocycles. The maximum absolute atomic E-state index is 13.5. The van der Waals surface area contributed by atoms with Gasteiger partial charge in [0, 0.05) is 10.7 Å². The minimum absolute atomic E-state index is 0.0535. The van der Waals surface area contributed by atoms with Gasteiger partial charge in [-0.05, 0) is 67.1 Å². The van der Waals surface area contributed by atoms with Gasteiger partial charge >= 0.3 is 0 Å². The Bertz CT molecular complexity index is 1240. The van der Waals surface area contributed by atoms with Gasteiger partial charge in [0.05, 0.1) is 25.0 Å². The van der Waals surface area contributed by atoms with Gasteiger partial charge in [0.15, 0.2) is 0 Å². The highest BCUT2D eigenvalue weighted by atomic mass is 35.5. The van der Waals surface area contributed by atoms with E-state index in [1.807, 2.05) is 6.92 Å². The van der Waals surface area contributed by atoms with Crippen LogP contribution in [0.4, 0.5) is 15.8 Å². The van der Waals surface area contributed by atoms with Crippen LogP contribution in [0.5, 0.6) is 11.5 Å². The molecule has 3 aromatic rings. The number of ether oxygens (including phenoxy) is 2. The van der Waals surface area contributed by atoms with Gasteiger partial charge in [0.1, 0.15) is 23.0 Å². The molecule has 0 spiro atoms. The zero-order chi connectivity index (χ0) is 23.5. The molecule has 4 rings (SSSR count). The molecule has 2 amide bonds. The van der Waals surface area contributed by atoms with Gasteiger partial charge in [-0.3, -0.25) is 9.59 Å². The summed E-state index contributed by atoms with van der Waals surface area (Å²) in [6.07, 6.45) is 0. The van der Waals surface area contributed by atoms with Crippen LogP contribution in [0.15, 0.2) is 72.4 Å². The number of hydrogen-bond acceptors (Lipinski definition) is 5. The minimum atomic E-state index is -0.589. The SMILES string of the molecule is CCOc1ccc(NC2=C(c3ccc(F)cc3)C(=O)N(c3cc(Cl)ccc3OC)C2=O)cc1. The van der Waals surface area contributed by atoms with Crippen molar-refractivity contribution >= 4 is 40.4 Å². The second kappa shape index (κ2) is 9.34. The number of hydrogen-bond donors (Lipinski definition) is 1. The quantitative estimate of drug-likeness (QED) is 0.480. The molecule has 8 heteroatoms. The summed E-state index contributed by atoms with van der Waals surface area (Å²) in [7, 11) is 1.44. The number of carbonyl (C=O) groups is 2. The van der Waals surface area contributed by atoms with E-state index in [0.29, 0.717) is 34.4 Å². The predicted molar refractivity (Wildman–Crippen MR) is 125 cm³/mol. The lowest BCUT2D eigenvalue weighted by molar-refractivity contribution is -0.120. The number of amides is 2. The fraction of sp³-hybridized carbons (Fsp3) is 0.120. The van der Waals surface area contributed by atoms with E-state index >= 15 is 0 Å². The van der Waals surface area contributed by atoms with E-state index < -0.39 is 17.6 Å². The lowest BCUT2D eigenvalue weighted by atomic mass is 10.0. The topological polar surface area (TPSA) is 67.9 Å². The van der Waals surface area contributed by atoms with E-state index in [2.05, 4.69) is 5.32 Å². The fourth-order valence-corrected chi connectivity index (χ4v) is 3.70. The average molecular weight is 467 g/mol. The maximum Gasteiger partial charge on any atom is 0.282 e. The Labute approximate surface area is 195 Å². The van der Waals surface area contributed by atoms with Crippen molar-refractivity contribution in [2.24, 2.45) is 0 Å². The van der Waals surface area contributed by atoms with Crippen LogP contribution in [-0.4, -0.2) is 25.5 Å². The molecule has 0 aromatic heterocycles. The molecule has 3 aromatic carbocycles. The van der Waals surface area contributed by atoms with Gasteiger partial charge in [0.2, 0.25) is 0 Å². The maximum atomic E-state index is 13.5. The van der Waals surface area contributed by atoms with Crippen LogP contribution in [0.25, 0.3) is 5.57 Å². The van der Waals surface area contributed by atoms with Crippen molar-refractivity contribution in [2.45, 2.75) is 6.92 Å². The zero-order valence-corrected chi connectivity index (χ0v) is 18.7. The Hall–Kier alpha value is -3.84. The van der Waals surface area contributed by atoms with Crippen molar-refractivity contribution in [2.75, 3.05) is 23.9 Å². The first kappa shape index (κ1) is 22.4. The van der Waals surface area contributed by atoms with Gasteiger partial charge in [-0.1, -0.05) is 23.7 Å². The molecule has 1 N–H and O–H groups in total. The molecule has 1 aliphatic rings. The Morgan fingerprint density at radius 1 is 0.970 bits per heavy atom. The monoisotopic (exact) mass is 466 g/mol. The molecule has 33 heavy (non-hydrogen) atoms. The fourth-order valence-electron chi connectivity index (χ4n) is 3.53. The summed E-state index contributed by atoms with van der Waals surface area (Å²) in [6.45, 7) is 2.41. The lowest BCUT2D eigenvalue weighted by Crippen LogP contribution is -2.32. The molecular weight excluding hydrogens is 447 g/mol. The van der Waals surface area contributed by atoms with Crippen LogP contribution >= 0.6 is 11.6 Å². The molecule has 6 nitrogen and oxygen atoms in total. The van der Waals surface area contributed by atoms with E-state index in [4.69, 9.17) is 21.1 Å². The number of methoxy groups -OCH3 is 1. The van der Waals surface area contributed by atoms with Crippen LogP contribution in [-0.2, 0) is 9.59 Å². The Balaban J connectivity index is 1.80. The molecule has 0 radical (unpaired) electrons. The van der Waals surface area contributed by atoms with Gasteiger partial charge in [-0.2, -0.15) is 0 Å². The van der Waals surface area contributed by atoms with Crippen LogP contribution in [0.2, 0.25) is 5.02 Å². The third-order valence-electron chi connectivity index (χ3n) is 5.03. The summed E-state index contributed by atoms with van der Waals surface area (Å²) in [6, 6.07) is 17.0. The predicted octanol–water partition coefficient (Wildman–Crippen LogP) is 5.28. The Kier molecular flexibility index (Phi) is 6.33. The van der Waals surface area contributed by atoms with Gasteiger partial charge in [0.25, 0.3) is 11.8 Å². The first-order valence-corrected chi connectivity index (χ1v) is 10.5. The third kappa shape index (κ3) is 4.40. The van der Waals surface area contributed by atoms with E-state index in [9.17, 15) is 14.0 Å². The molecular formula is C25H20ClFN2O4. The summed E-state index contributed by atoms with van der Waals surface area (Å²) in [5.74, 6) is -0.642. The summed E-state index contributed by atoms with van der Waals surface area (Å²) in [4.78, 5) is 28.0. The second-order valence-corrected chi connectivity index (χ2v) is 7.54. The highest BCUT2D eigenvalue weighted by Crippen LogP contribution is 2.39. The highest BCUT2D eigenvalue weighted by Gasteiger charge is 2.41. The standard InChI is InChI=1S/C25H20ClFN2O4/c1-3-33-19-11-9-18(10-12-19)28-23-22(15-4-7-17(27)8-5-15)24(30)29(25(23)31)20-14-16(26)6-13-21(20)32-2/h4-14,28H,3H2,1-2H3. The number of nitrogens with zero attached hydrogens (tertiary/aromatic N) is 1. The van der Waals surface area contributed by atoms with E-state index in [1.54, 1.807) is 36.4 Å². The molecule has 168 valence electrons. The zero-order valence-electron chi connectivity index (χ0n) is 17.9. The smallest absolute Gasteiger partial charge is 0.282 e. The van der Waals surface area contributed by atoms with Gasteiger partial charge in [-0.15, -0.1) is 0 Å². The first-order valence-electron chi connectivity index (χ1n) is 10.2. The molecule has 0 unspecified atom stereocenters. The molecule has 0 bridgehead atoms. The van der Waals surface area contributed by atoms with Crippen molar-refractivity contribution in [3.8, 4) is 11.5 Å². The minimum Gasteiger partial charge on any atom is -0.495 e. The molecule has 0 aliphatic carbocycles. The highest BCUT2D eigenvalue weighted by molar-refractivity contribution is 6.46. The summed E-state index contributed by atoms with van der Waals surface area (Å²) >= 11 is 6.14. The summed E-state index contributed by atoms with van der Waals surface area (Å²) < 4.78 is 24.3. The number of rotatable bonds is 7. The molecule has 1 heterocycles. The number of imide groups is 1. The van der Waals surface area contributed by atoms with Crippen molar-refractivity contribution in [1.82, 2.24) is 0 Å². The van der Waals surface area contributed by atoms with Crippen LogP contribution in [0, 0.1) is 5.82 Å². The molecule has 0 atom stereocenters. The number of benzene rings is 3. The molecule has 0 fully saturated rings. The van der Waals surface area contributed by atoms with E-state index in [0.717, 1.165) is 4.90 Å². The normalized spacial score (nSPS) is 13.5. The average Bonchev–Trinajstić information content (AvgIpc) is 3.05. The van der Waals surface area contributed by atoms with Gasteiger partial charge in [-0.25, -0.2) is 9.29 Å². The van der Waals surface area contributed by atoms with Crippen LogP contribution in [0.1, 0.15) is 12.5 Å². The Morgan fingerprint density at radius 2 is 1.67 bits per heavy atom. The number of nitrogens with one attached hydrogen (secondary N) is 1. The largest absolute Gasteiger partial charge is 0.495 e. The number of halogens is 2. The van der Waals surface area contributed by atoms with Crippen molar-refractivity contribution in [3.63, 3.8) is 0 Å². The van der Waals surface area contributed by atoms with Crippen LogP contribution in [0.3, 0.4) is 0 Å². The van der Waals surface area contributed by atoms with E-state index in [1.165, 1.54) is 37.4 Å². The van der Waals surface area contributed by atoms with Crippen molar-refractivity contribution < 1.29 is 23.5 Å². The number of carbonyl (C=O) groups excluding carboxylic acids is 2. The van der Waals surface area contributed by atoms with Gasteiger partial charge < -0.3 is 14.8 Å². The molecule has 0 saturated heterocycles. The third-order valence-corrected chi connectivity index (χ3v) is 5.27. The number of anilines is 2. The van der Waals surface area contributed by atoms with Crippen molar-refractivity contribution in [3.05, 3.63) is 88.8 Å².